The van der Waals surface area contributed by atoms with E-state index >= 15 is 0 Å². The molecule has 3 aromatic rings. The van der Waals surface area contributed by atoms with Crippen LogP contribution in [0.2, 0.25) is 0 Å². The van der Waals surface area contributed by atoms with Crippen LogP contribution in [0.25, 0.3) is 0 Å². The van der Waals surface area contributed by atoms with E-state index < -0.39 is 18.0 Å². The minimum absolute atomic E-state index is 0.141. The third-order valence-corrected chi connectivity index (χ3v) is 4.46. The fourth-order valence-corrected chi connectivity index (χ4v) is 2.92. The van der Waals surface area contributed by atoms with E-state index in [-0.39, 0.29) is 6.42 Å². The predicted octanol–water partition coefficient (Wildman–Crippen LogP) is 4.78. The number of amides is 1. The molecule has 0 radical (unpaired) electrons. The van der Waals surface area contributed by atoms with E-state index in [1.807, 2.05) is 36.4 Å². The molecule has 6 nitrogen and oxygen atoms in total. The molecular formula is C25H25NO5. The normalized spacial score (nSPS) is 11.3. The van der Waals surface area contributed by atoms with Gasteiger partial charge in [-0.15, -0.1) is 0 Å². The van der Waals surface area contributed by atoms with Crippen molar-refractivity contribution >= 4 is 17.6 Å². The van der Waals surface area contributed by atoms with Crippen molar-refractivity contribution in [1.82, 2.24) is 0 Å². The Morgan fingerprint density at radius 3 is 2.26 bits per heavy atom. The third kappa shape index (κ3) is 6.89. The summed E-state index contributed by atoms with van der Waals surface area (Å²) in [6.07, 6.45) is -0.440. The van der Waals surface area contributed by atoms with Crippen LogP contribution in [-0.2, 0) is 14.3 Å². The third-order valence-electron chi connectivity index (χ3n) is 4.46. The first-order valence-electron chi connectivity index (χ1n) is 10.0. The molecule has 0 bridgehead atoms. The quantitative estimate of drug-likeness (QED) is 0.378. The number of rotatable bonds is 10. The first-order chi connectivity index (χ1) is 15.2. The molecule has 0 aliphatic carbocycles. The summed E-state index contributed by atoms with van der Waals surface area (Å²) in [5.74, 6) is 0.458. The van der Waals surface area contributed by atoms with Crippen LogP contribution in [0.3, 0.4) is 0 Å². The number of benzene rings is 3. The Bertz CT molecular complexity index is 975. The summed E-state index contributed by atoms with van der Waals surface area (Å²) in [7, 11) is 1.55. The summed E-state index contributed by atoms with van der Waals surface area (Å²) in [4.78, 5) is 25.3. The molecule has 31 heavy (non-hydrogen) atoms. The number of para-hydroxylation sites is 1. The number of nitrogens with one attached hydrogen (secondary N) is 1. The van der Waals surface area contributed by atoms with Crippen LogP contribution in [0, 0.1) is 0 Å². The summed E-state index contributed by atoms with van der Waals surface area (Å²) in [6, 6.07) is 25.3. The zero-order valence-electron chi connectivity index (χ0n) is 17.3. The average molecular weight is 419 g/mol. The maximum atomic E-state index is 12.9. The number of hydrogen-bond donors (Lipinski definition) is 1. The summed E-state index contributed by atoms with van der Waals surface area (Å²) in [6.45, 7) is 0.380. The Kier molecular flexibility index (Phi) is 8.05. The smallest absolute Gasteiger partial charge is 0.307 e. The maximum absolute atomic E-state index is 12.9. The van der Waals surface area contributed by atoms with Crippen molar-refractivity contribution in [3.8, 4) is 11.5 Å². The van der Waals surface area contributed by atoms with Crippen molar-refractivity contribution in [2.24, 2.45) is 0 Å². The van der Waals surface area contributed by atoms with Crippen LogP contribution in [0.1, 0.15) is 24.5 Å². The molecule has 0 spiro atoms. The standard InChI is InChI=1S/C25H25NO5/c1-29-22-15-8-12-20(18-22)26-25(28)24(19-10-4-2-5-11-19)31-23(27)16-9-17-30-21-13-6-3-7-14-21/h2-8,10-15,18,24H,9,16-17H2,1H3,(H,26,28). The van der Waals surface area contributed by atoms with Gasteiger partial charge < -0.3 is 19.5 Å². The molecule has 1 atom stereocenters. The Morgan fingerprint density at radius 1 is 0.871 bits per heavy atom. The zero-order valence-corrected chi connectivity index (χ0v) is 17.3. The lowest BCUT2D eigenvalue weighted by molar-refractivity contribution is -0.155. The largest absolute Gasteiger partial charge is 0.497 e. The van der Waals surface area contributed by atoms with Crippen LogP contribution in [0.5, 0.6) is 11.5 Å². The second-order valence-electron chi connectivity index (χ2n) is 6.77. The van der Waals surface area contributed by atoms with Gasteiger partial charge in [0, 0.05) is 23.7 Å². The van der Waals surface area contributed by atoms with E-state index in [9.17, 15) is 9.59 Å². The van der Waals surface area contributed by atoms with Gasteiger partial charge in [0.2, 0.25) is 6.10 Å². The second-order valence-corrected chi connectivity index (χ2v) is 6.77. The number of hydrogen-bond acceptors (Lipinski definition) is 5. The Hall–Kier alpha value is -3.80. The molecule has 3 aromatic carbocycles. The van der Waals surface area contributed by atoms with Gasteiger partial charge in [0.05, 0.1) is 13.7 Å². The first kappa shape index (κ1) is 21.9. The van der Waals surface area contributed by atoms with Crippen LogP contribution in [0.4, 0.5) is 5.69 Å². The molecule has 1 unspecified atom stereocenters. The van der Waals surface area contributed by atoms with Gasteiger partial charge in [-0.2, -0.15) is 0 Å². The topological polar surface area (TPSA) is 73.9 Å². The van der Waals surface area contributed by atoms with Crippen LogP contribution in [0.15, 0.2) is 84.9 Å². The predicted molar refractivity (Wildman–Crippen MR) is 118 cm³/mol. The van der Waals surface area contributed by atoms with Crippen LogP contribution >= 0.6 is 0 Å². The summed E-state index contributed by atoms with van der Waals surface area (Å²) in [5.41, 5.74) is 1.15. The highest BCUT2D eigenvalue weighted by atomic mass is 16.5. The van der Waals surface area contributed by atoms with Gasteiger partial charge in [-0.1, -0.05) is 54.6 Å². The molecule has 0 heterocycles. The molecule has 160 valence electrons. The molecule has 0 aromatic heterocycles. The number of ether oxygens (including phenoxy) is 3. The van der Waals surface area contributed by atoms with Crippen LogP contribution < -0.4 is 14.8 Å². The van der Waals surface area contributed by atoms with Crippen molar-refractivity contribution in [3.05, 3.63) is 90.5 Å². The lowest BCUT2D eigenvalue weighted by Crippen LogP contribution is -2.26. The van der Waals surface area contributed by atoms with Gasteiger partial charge in [-0.25, -0.2) is 0 Å². The molecule has 0 aliphatic rings. The molecule has 0 aliphatic heterocycles. The van der Waals surface area contributed by atoms with E-state index in [2.05, 4.69) is 5.32 Å². The molecule has 1 amide bonds. The van der Waals surface area contributed by atoms with E-state index in [1.165, 1.54) is 0 Å². The lowest BCUT2D eigenvalue weighted by Gasteiger charge is -2.18. The lowest BCUT2D eigenvalue weighted by atomic mass is 10.1. The van der Waals surface area contributed by atoms with Gasteiger partial charge >= 0.3 is 5.97 Å². The second kappa shape index (κ2) is 11.4. The molecular weight excluding hydrogens is 394 g/mol. The first-order valence-corrected chi connectivity index (χ1v) is 10.0. The fourth-order valence-electron chi connectivity index (χ4n) is 2.92. The van der Waals surface area contributed by atoms with Crippen molar-refractivity contribution in [3.63, 3.8) is 0 Å². The van der Waals surface area contributed by atoms with Crippen LogP contribution in [-0.4, -0.2) is 25.6 Å². The summed E-state index contributed by atoms with van der Waals surface area (Å²) >= 11 is 0. The van der Waals surface area contributed by atoms with E-state index in [4.69, 9.17) is 14.2 Å². The molecule has 6 heteroatoms. The Morgan fingerprint density at radius 2 is 1.55 bits per heavy atom. The van der Waals surface area contributed by atoms with Crippen molar-refractivity contribution < 1.29 is 23.8 Å². The van der Waals surface area contributed by atoms with Gasteiger partial charge in [0.1, 0.15) is 11.5 Å². The molecule has 1 N–H and O–H groups in total. The van der Waals surface area contributed by atoms with Crippen molar-refractivity contribution in [2.75, 3.05) is 19.0 Å². The number of anilines is 1. The monoisotopic (exact) mass is 419 g/mol. The summed E-state index contributed by atoms with van der Waals surface area (Å²) < 4.78 is 16.3. The Balaban J connectivity index is 1.59. The van der Waals surface area contributed by atoms with E-state index in [0.29, 0.717) is 30.0 Å². The number of carbonyl (C=O) groups is 2. The van der Waals surface area contributed by atoms with Crippen molar-refractivity contribution in [1.29, 1.82) is 0 Å². The highest BCUT2D eigenvalue weighted by Crippen LogP contribution is 2.23. The fraction of sp³-hybridized carbons (Fsp3) is 0.200. The van der Waals surface area contributed by atoms with Gasteiger partial charge in [-0.05, 0) is 30.7 Å². The van der Waals surface area contributed by atoms with Gasteiger partial charge in [-0.3, -0.25) is 9.59 Å². The van der Waals surface area contributed by atoms with E-state index in [1.54, 1.807) is 55.6 Å². The summed E-state index contributed by atoms with van der Waals surface area (Å²) in [5, 5.41) is 2.79. The average Bonchev–Trinajstić information content (AvgIpc) is 2.81. The minimum Gasteiger partial charge on any atom is -0.497 e. The highest BCUT2D eigenvalue weighted by Gasteiger charge is 2.25. The number of esters is 1. The number of methoxy groups -OCH3 is 1. The minimum atomic E-state index is -1.06. The van der Waals surface area contributed by atoms with E-state index in [0.717, 1.165) is 5.75 Å². The molecule has 3 rings (SSSR count). The highest BCUT2D eigenvalue weighted by molar-refractivity contribution is 5.96. The molecule has 0 saturated carbocycles. The van der Waals surface area contributed by atoms with Crippen molar-refractivity contribution in [2.45, 2.75) is 18.9 Å². The maximum Gasteiger partial charge on any atom is 0.307 e. The molecule has 0 fully saturated rings. The molecule has 0 saturated heterocycles. The number of carbonyl (C=O) groups excluding carboxylic acids is 2. The van der Waals surface area contributed by atoms with Gasteiger partial charge in [0.25, 0.3) is 5.91 Å². The zero-order chi connectivity index (χ0) is 21.9. The van der Waals surface area contributed by atoms with Gasteiger partial charge in [0.15, 0.2) is 0 Å². The SMILES string of the molecule is COc1cccc(NC(=O)C(OC(=O)CCCOc2ccccc2)c2ccccc2)c1. The Labute approximate surface area is 181 Å².